The molecular formula is C10H12N4O. The molecule has 1 aromatic heterocycles. The number of aromatic nitrogens is 1. The molecule has 0 bridgehead atoms. The zero-order valence-corrected chi connectivity index (χ0v) is 8.22. The molecule has 1 atom stereocenters. The number of pyridine rings is 1. The lowest BCUT2D eigenvalue weighted by atomic mass is 10.2. The monoisotopic (exact) mass is 204 g/mol. The van der Waals surface area contributed by atoms with Gasteiger partial charge in [0.15, 0.2) is 0 Å². The number of nitrogens with two attached hydrogens (primary N) is 1. The van der Waals surface area contributed by atoms with Crippen molar-refractivity contribution < 1.29 is 5.11 Å². The van der Waals surface area contributed by atoms with Crippen LogP contribution in [0.5, 0.6) is 0 Å². The number of nitriles is 1. The molecule has 0 aromatic carbocycles. The zero-order chi connectivity index (χ0) is 10.8. The molecule has 0 radical (unpaired) electrons. The summed E-state index contributed by atoms with van der Waals surface area (Å²) < 4.78 is 0. The van der Waals surface area contributed by atoms with Crippen molar-refractivity contribution in [3.63, 3.8) is 0 Å². The molecule has 1 unspecified atom stereocenters. The van der Waals surface area contributed by atoms with Crippen LogP contribution in [0.3, 0.4) is 0 Å². The second-order valence-electron chi connectivity index (χ2n) is 3.61. The summed E-state index contributed by atoms with van der Waals surface area (Å²) in [5.41, 5.74) is 6.07. The van der Waals surface area contributed by atoms with Gasteiger partial charge in [-0.1, -0.05) is 0 Å². The van der Waals surface area contributed by atoms with Gasteiger partial charge in [0, 0.05) is 13.1 Å². The Kier molecular flexibility index (Phi) is 2.44. The van der Waals surface area contributed by atoms with Gasteiger partial charge in [-0.05, 0) is 18.6 Å². The molecule has 2 rings (SSSR count). The van der Waals surface area contributed by atoms with Crippen LogP contribution in [-0.4, -0.2) is 29.3 Å². The third-order valence-corrected chi connectivity index (χ3v) is 2.48. The molecule has 3 N–H and O–H groups in total. The number of hydrogen-bond donors (Lipinski definition) is 2. The van der Waals surface area contributed by atoms with E-state index >= 15 is 0 Å². The molecule has 15 heavy (non-hydrogen) atoms. The minimum atomic E-state index is -0.334. The van der Waals surface area contributed by atoms with E-state index in [4.69, 9.17) is 11.0 Å². The van der Waals surface area contributed by atoms with Crippen molar-refractivity contribution in [2.45, 2.75) is 12.5 Å². The van der Waals surface area contributed by atoms with E-state index in [1.54, 1.807) is 12.1 Å². The maximum Gasteiger partial charge on any atom is 0.149 e. The molecule has 2 heterocycles. The first-order valence-electron chi connectivity index (χ1n) is 4.80. The Morgan fingerprint density at radius 1 is 1.60 bits per heavy atom. The van der Waals surface area contributed by atoms with E-state index in [1.807, 2.05) is 4.90 Å². The Morgan fingerprint density at radius 2 is 2.40 bits per heavy atom. The highest BCUT2D eigenvalue weighted by Gasteiger charge is 2.23. The fourth-order valence-electron chi connectivity index (χ4n) is 1.73. The smallest absolute Gasteiger partial charge is 0.149 e. The van der Waals surface area contributed by atoms with E-state index in [-0.39, 0.29) is 6.10 Å². The van der Waals surface area contributed by atoms with Crippen LogP contribution in [0.15, 0.2) is 12.1 Å². The highest BCUT2D eigenvalue weighted by atomic mass is 16.3. The van der Waals surface area contributed by atoms with Gasteiger partial charge in [-0.25, -0.2) is 4.98 Å². The van der Waals surface area contributed by atoms with E-state index in [2.05, 4.69) is 11.1 Å². The van der Waals surface area contributed by atoms with Gasteiger partial charge in [-0.15, -0.1) is 0 Å². The fourth-order valence-corrected chi connectivity index (χ4v) is 1.73. The van der Waals surface area contributed by atoms with Crippen molar-refractivity contribution in [2.75, 3.05) is 23.7 Å². The van der Waals surface area contributed by atoms with E-state index in [0.29, 0.717) is 36.7 Å². The Bertz CT molecular complexity index is 412. The van der Waals surface area contributed by atoms with E-state index < -0.39 is 0 Å². The van der Waals surface area contributed by atoms with Crippen molar-refractivity contribution >= 4 is 11.6 Å². The molecule has 0 amide bonds. The minimum absolute atomic E-state index is 0.334. The fraction of sp³-hybridized carbons (Fsp3) is 0.400. The van der Waals surface area contributed by atoms with Gasteiger partial charge in [0.2, 0.25) is 0 Å². The summed E-state index contributed by atoms with van der Waals surface area (Å²) in [6, 6.07) is 5.33. The summed E-state index contributed by atoms with van der Waals surface area (Å²) in [7, 11) is 0. The van der Waals surface area contributed by atoms with Crippen molar-refractivity contribution in [1.82, 2.24) is 4.98 Å². The average molecular weight is 204 g/mol. The Hall–Kier alpha value is -1.80. The standard InChI is InChI=1S/C10H12N4O/c11-5-7-1-2-9(12)13-10(7)14-4-3-8(15)6-14/h1-2,8,15H,3-4,6H2,(H2,12,13). The molecule has 78 valence electrons. The number of anilines is 2. The Balaban J connectivity index is 2.34. The van der Waals surface area contributed by atoms with E-state index in [9.17, 15) is 5.11 Å². The minimum Gasteiger partial charge on any atom is -0.391 e. The molecule has 5 heteroatoms. The third-order valence-electron chi connectivity index (χ3n) is 2.48. The molecule has 0 spiro atoms. The summed E-state index contributed by atoms with van der Waals surface area (Å²) in [6.07, 6.45) is 0.376. The largest absolute Gasteiger partial charge is 0.391 e. The van der Waals surface area contributed by atoms with Crippen molar-refractivity contribution in [2.24, 2.45) is 0 Å². The van der Waals surface area contributed by atoms with Crippen LogP contribution in [0, 0.1) is 11.3 Å². The molecule has 1 aromatic rings. The highest BCUT2D eigenvalue weighted by Crippen LogP contribution is 2.23. The maximum atomic E-state index is 9.41. The molecule has 1 aliphatic heterocycles. The lowest BCUT2D eigenvalue weighted by Crippen LogP contribution is -2.23. The zero-order valence-electron chi connectivity index (χ0n) is 8.22. The lowest BCUT2D eigenvalue weighted by Gasteiger charge is -2.17. The number of aliphatic hydroxyl groups excluding tert-OH is 1. The van der Waals surface area contributed by atoms with Crippen LogP contribution < -0.4 is 10.6 Å². The number of hydrogen-bond acceptors (Lipinski definition) is 5. The summed E-state index contributed by atoms with van der Waals surface area (Å²) in [5.74, 6) is 0.972. The van der Waals surface area contributed by atoms with Gasteiger partial charge in [-0.3, -0.25) is 0 Å². The van der Waals surface area contributed by atoms with E-state index in [1.165, 1.54) is 0 Å². The van der Waals surface area contributed by atoms with Crippen LogP contribution in [-0.2, 0) is 0 Å². The van der Waals surface area contributed by atoms with Gasteiger partial charge in [0.05, 0.1) is 11.7 Å². The van der Waals surface area contributed by atoms with E-state index in [0.717, 1.165) is 0 Å². The normalized spacial score (nSPS) is 20.3. The van der Waals surface area contributed by atoms with Gasteiger partial charge < -0.3 is 15.7 Å². The average Bonchev–Trinajstić information content (AvgIpc) is 2.65. The first-order valence-corrected chi connectivity index (χ1v) is 4.80. The van der Waals surface area contributed by atoms with Gasteiger partial charge in [0.25, 0.3) is 0 Å². The number of rotatable bonds is 1. The first-order chi connectivity index (χ1) is 7.20. The Labute approximate surface area is 87.8 Å². The second kappa shape index (κ2) is 3.75. The predicted octanol–water partition coefficient (Wildman–Crippen LogP) is 0.106. The number of nitrogen functional groups attached to an aromatic ring is 1. The van der Waals surface area contributed by atoms with Crippen molar-refractivity contribution in [3.05, 3.63) is 17.7 Å². The van der Waals surface area contributed by atoms with Crippen LogP contribution in [0.1, 0.15) is 12.0 Å². The molecule has 0 saturated carbocycles. The van der Waals surface area contributed by atoms with Crippen LogP contribution in [0.25, 0.3) is 0 Å². The van der Waals surface area contributed by atoms with Crippen LogP contribution in [0.4, 0.5) is 11.6 Å². The quantitative estimate of drug-likeness (QED) is 0.678. The second-order valence-corrected chi connectivity index (χ2v) is 3.61. The van der Waals surface area contributed by atoms with Crippen molar-refractivity contribution in [1.29, 1.82) is 5.26 Å². The number of aliphatic hydroxyl groups is 1. The molecule has 1 aliphatic rings. The number of nitrogens with zero attached hydrogens (tertiary/aromatic N) is 3. The summed E-state index contributed by atoms with van der Waals surface area (Å²) in [4.78, 5) is 6.02. The summed E-state index contributed by atoms with van der Waals surface area (Å²) >= 11 is 0. The van der Waals surface area contributed by atoms with Gasteiger partial charge in [0.1, 0.15) is 17.7 Å². The SMILES string of the molecule is N#Cc1ccc(N)nc1N1CCC(O)C1. The van der Waals surface area contributed by atoms with Crippen LogP contribution in [0.2, 0.25) is 0 Å². The first kappa shape index (κ1) is 9.74. The van der Waals surface area contributed by atoms with Gasteiger partial charge >= 0.3 is 0 Å². The van der Waals surface area contributed by atoms with Crippen LogP contribution >= 0.6 is 0 Å². The summed E-state index contributed by atoms with van der Waals surface area (Å²) in [6.45, 7) is 1.23. The molecule has 0 aliphatic carbocycles. The molecule has 1 fully saturated rings. The molecule has 5 nitrogen and oxygen atoms in total. The molecular weight excluding hydrogens is 192 g/mol. The lowest BCUT2D eigenvalue weighted by molar-refractivity contribution is 0.198. The Morgan fingerprint density at radius 3 is 3.00 bits per heavy atom. The topological polar surface area (TPSA) is 86.2 Å². The third kappa shape index (κ3) is 1.85. The highest BCUT2D eigenvalue weighted by molar-refractivity contribution is 5.57. The van der Waals surface area contributed by atoms with Crippen molar-refractivity contribution in [3.8, 4) is 6.07 Å². The predicted molar refractivity (Wildman–Crippen MR) is 56.2 cm³/mol. The molecule has 1 saturated heterocycles. The number of β-amino-alcohol motifs (C(OH)–C–C–N with tert-alkyl or cyclic N) is 1. The maximum absolute atomic E-state index is 9.41. The summed E-state index contributed by atoms with van der Waals surface area (Å²) in [5, 5.41) is 18.3. The van der Waals surface area contributed by atoms with Gasteiger partial charge in [-0.2, -0.15) is 5.26 Å².